The molecule has 7 nitrogen and oxygen atoms in total. The Balaban J connectivity index is 1.96. The number of thiazole rings is 1. The fourth-order valence-corrected chi connectivity index (χ4v) is 5.96. The number of carbonyl (C=O) groups excluding carboxylic acids is 1. The van der Waals surface area contributed by atoms with Crippen molar-refractivity contribution in [1.82, 2.24) is 4.57 Å². The van der Waals surface area contributed by atoms with Gasteiger partial charge in [-0.05, 0) is 65.3 Å². The van der Waals surface area contributed by atoms with E-state index in [2.05, 4.69) is 22.6 Å². The molecule has 1 atom stereocenters. The van der Waals surface area contributed by atoms with Crippen LogP contribution in [0.2, 0.25) is 0 Å². The summed E-state index contributed by atoms with van der Waals surface area (Å²) in [5, 5.41) is 0. The van der Waals surface area contributed by atoms with Crippen molar-refractivity contribution in [3.63, 3.8) is 0 Å². The van der Waals surface area contributed by atoms with Crippen LogP contribution in [0.25, 0.3) is 6.08 Å². The minimum Gasteiger partial charge on any atom is -0.492 e. The van der Waals surface area contributed by atoms with Gasteiger partial charge in [-0.15, -0.1) is 0 Å². The van der Waals surface area contributed by atoms with Gasteiger partial charge >= 0.3 is 5.97 Å². The third kappa shape index (κ3) is 4.79. The zero-order chi connectivity index (χ0) is 25.1. The summed E-state index contributed by atoms with van der Waals surface area (Å²) in [6.45, 7) is 4.34. The van der Waals surface area contributed by atoms with Crippen molar-refractivity contribution in [2.45, 2.75) is 26.3 Å². The summed E-state index contributed by atoms with van der Waals surface area (Å²) in [6, 6.07) is 12.7. The molecule has 0 aliphatic carbocycles. The van der Waals surface area contributed by atoms with Crippen LogP contribution in [0.15, 0.2) is 63.5 Å². The van der Waals surface area contributed by atoms with E-state index in [0.717, 1.165) is 14.7 Å². The first kappa shape index (κ1) is 25.2. The number of nitrogens with zero attached hydrogens (tertiary/aromatic N) is 2. The molecule has 0 fully saturated rings. The number of rotatable bonds is 7. The first-order chi connectivity index (χ1) is 16.9. The van der Waals surface area contributed by atoms with Gasteiger partial charge in [0.1, 0.15) is 0 Å². The predicted molar refractivity (Wildman–Crippen MR) is 144 cm³/mol. The highest BCUT2D eigenvalue weighted by molar-refractivity contribution is 14.1. The van der Waals surface area contributed by atoms with Crippen LogP contribution in [0.4, 0.5) is 0 Å². The Morgan fingerprint density at radius 2 is 1.94 bits per heavy atom. The van der Waals surface area contributed by atoms with Gasteiger partial charge in [-0.2, -0.15) is 0 Å². The molecule has 182 valence electrons. The molecule has 0 radical (unpaired) electrons. The number of esters is 1. The lowest BCUT2D eigenvalue weighted by atomic mass is 9.95. The van der Waals surface area contributed by atoms with E-state index >= 15 is 0 Å². The largest absolute Gasteiger partial charge is 0.492 e. The van der Waals surface area contributed by atoms with Gasteiger partial charge in [-0.1, -0.05) is 48.6 Å². The van der Waals surface area contributed by atoms with Crippen molar-refractivity contribution in [3.05, 3.63) is 88.1 Å². The monoisotopic (exact) mass is 604 g/mol. The van der Waals surface area contributed by atoms with Gasteiger partial charge in [0.15, 0.2) is 16.3 Å². The lowest BCUT2D eigenvalue weighted by Gasteiger charge is -2.25. The number of methoxy groups -OCH3 is 2. The lowest BCUT2D eigenvalue weighted by molar-refractivity contribution is -0.136. The number of hydrogen-bond donors (Lipinski definition) is 0. The summed E-state index contributed by atoms with van der Waals surface area (Å²) in [4.78, 5) is 31.8. The van der Waals surface area contributed by atoms with Crippen molar-refractivity contribution in [2.75, 3.05) is 20.8 Å². The summed E-state index contributed by atoms with van der Waals surface area (Å²) in [5.41, 5.74) is 2.42. The molecule has 0 spiro atoms. The first-order valence-electron chi connectivity index (χ1n) is 11.1. The summed E-state index contributed by atoms with van der Waals surface area (Å²) < 4.78 is 19.3. The average molecular weight is 604 g/mol. The normalized spacial score (nSPS) is 15.5. The molecule has 9 heteroatoms. The summed E-state index contributed by atoms with van der Waals surface area (Å²) in [5.74, 6) is 0.787. The van der Waals surface area contributed by atoms with Gasteiger partial charge in [-0.3, -0.25) is 9.36 Å². The zero-order valence-electron chi connectivity index (χ0n) is 19.8. The topological polar surface area (TPSA) is 79.1 Å². The minimum atomic E-state index is -0.619. The van der Waals surface area contributed by atoms with E-state index in [1.165, 1.54) is 18.4 Å². The molecular weight excluding hydrogens is 579 g/mol. The Labute approximate surface area is 220 Å². The van der Waals surface area contributed by atoms with Crippen molar-refractivity contribution in [2.24, 2.45) is 4.99 Å². The number of allylic oxidation sites excluding steroid dienone is 1. The molecule has 35 heavy (non-hydrogen) atoms. The predicted octanol–water partition coefficient (Wildman–Crippen LogP) is 3.81. The average Bonchev–Trinajstić information content (AvgIpc) is 3.17. The van der Waals surface area contributed by atoms with Crippen LogP contribution in [0.1, 0.15) is 37.4 Å². The lowest BCUT2D eigenvalue weighted by Crippen LogP contribution is -2.40. The molecule has 0 saturated carbocycles. The maximum atomic E-state index is 13.7. The fourth-order valence-electron chi connectivity index (χ4n) is 4.10. The quantitative estimate of drug-likeness (QED) is 0.303. The van der Waals surface area contributed by atoms with Crippen molar-refractivity contribution in [3.8, 4) is 11.5 Å². The van der Waals surface area contributed by atoms with Crippen molar-refractivity contribution < 1.29 is 19.0 Å². The van der Waals surface area contributed by atoms with Crippen LogP contribution >= 0.6 is 33.9 Å². The number of fused-ring (bicyclic) bond motifs is 1. The van der Waals surface area contributed by atoms with E-state index in [0.29, 0.717) is 45.1 Å². The van der Waals surface area contributed by atoms with Crippen LogP contribution in [0, 0.1) is 3.57 Å². The van der Waals surface area contributed by atoms with Crippen LogP contribution in [-0.2, 0) is 9.53 Å². The standard InChI is InChI=1S/C26H25IN2O5S/c1-5-18-21(25(31)33-4)22(16-10-8-7-9-11-16)29-24(30)20(35-26(29)28-18)14-15-12-17(27)23(32-3)19(13-15)34-6-2/h7-14,22H,5-6H2,1-4H3/b20-14+/t22-/m0/s1. The van der Waals surface area contributed by atoms with Gasteiger partial charge in [0.2, 0.25) is 0 Å². The molecule has 3 aromatic rings. The molecule has 0 N–H and O–H groups in total. The van der Waals surface area contributed by atoms with Gasteiger partial charge in [0, 0.05) is 0 Å². The molecule has 0 saturated heterocycles. The van der Waals surface area contributed by atoms with Crippen LogP contribution in [0.5, 0.6) is 11.5 Å². The van der Waals surface area contributed by atoms with Crippen molar-refractivity contribution >= 4 is 46.0 Å². The van der Waals surface area contributed by atoms with Gasteiger partial charge in [0.05, 0.1) is 46.2 Å². The highest BCUT2D eigenvalue weighted by Crippen LogP contribution is 2.34. The third-order valence-electron chi connectivity index (χ3n) is 5.60. The molecular formula is C26H25IN2O5S. The minimum absolute atomic E-state index is 0.219. The summed E-state index contributed by atoms with van der Waals surface area (Å²) >= 11 is 3.49. The SMILES string of the molecule is CCOc1cc(/C=c2/sc3n(c2=O)[C@@H](c2ccccc2)C(C(=O)OC)=C(CC)N=3)cc(I)c1OC. The smallest absolute Gasteiger partial charge is 0.338 e. The zero-order valence-corrected chi connectivity index (χ0v) is 22.8. The molecule has 1 aliphatic rings. The molecule has 1 aromatic heterocycles. The number of halogens is 1. The third-order valence-corrected chi connectivity index (χ3v) is 7.38. The highest BCUT2D eigenvalue weighted by Gasteiger charge is 2.33. The Morgan fingerprint density at radius 1 is 1.20 bits per heavy atom. The molecule has 0 unspecified atom stereocenters. The second-order valence-electron chi connectivity index (χ2n) is 7.67. The molecule has 1 aliphatic heterocycles. The van der Waals surface area contributed by atoms with Gasteiger partial charge < -0.3 is 14.2 Å². The van der Waals surface area contributed by atoms with E-state index in [4.69, 9.17) is 19.2 Å². The number of carbonyl (C=O) groups is 1. The second kappa shape index (κ2) is 10.8. The van der Waals surface area contributed by atoms with Crippen LogP contribution in [-0.4, -0.2) is 31.4 Å². The van der Waals surface area contributed by atoms with Gasteiger partial charge in [0.25, 0.3) is 5.56 Å². The van der Waals surface area contributed by atoms with Crippen LogP contribution < -0.4 is 24.4 Å². The summed E-state index contributed by atoms with van der Waals surface area (Å²) in [7, 11) is 2.95. The maximum absolute atomic E-state index is 13.7. The maximum Gasteiger partial charge on any atom is 0.338 e. The fraction of sp³-hybridized carbons (Fsp3) is 0.269. The molecule has 2 aromatic carbocycles. The van der Waals surface area contributed by atoms with E-state index < -0.39 is 12.0 Å². The molecule has 0 amide bonds. The molecule has 4 rings (SSSR count). The highest BCUT2D eigenvalue weighted by atomic mass is 127. The van der Waals surface area contributed by atoms with E-state index in [-0.39, 0.29) is 5.56 Å². The van der Waals surface area contributed by atoms with Crippen molar-refractivity contribution in [1.29, 1.82) is 0 Å². The van der Waals surface area contributed by atoms with Gasteiger partial charge in [-0.25, -0.2) is 9.79 Å². The van der Waals surface area contributed by atoms with E-state index in [1.54, 1.807) is 11.7 Å². The van der Waals surface area contributed by atoms with E-state index in [9.17, 15) is 9.59 Å². The summed E-state index contributed by atoms with van der Waals surface area (Å²) in [6.07, 6.45) is 2.36. The Bertz CT molecular complexity index is 1470. The van der Waals surface area contributed by atoms with E-state index in [1.807, 2.05) is 62.4 Å². The Morgan fingerprint density at radius 3 is 2.57 bits per heavy atom. The number of hydrogen-bond acceptors (Lipinski definition) is 7. The number of benzene rings is 2. The molecule has 0 bridgehead atoms. The molecule has 2 heterocycles. The first-order valence-corrected chi connectivity index (χ1v) is 13.0. The number of aromatic nitrogens is 1. The Kier molecular flexibility index (Phi) is 7.75. The van der Waals surface area contributed by atoms with Crippen LogP contribution in [0.3, 0.4) is 0 Å². The second-order valence-corrected chi connectivity index (χ2v) is 9.84. The number of ether oxygens (including phenoxy) is 3. The Hall–Kier alpha value is -2.92.